The van der Waals surface area contributed by atoms with Crippen LogP contribution in [0.1, 0.15) is 23.6 Å². The van der Waals surface area contributed by atoms with Gasteiger partial charge in [-0.1, -0.05) is 41.5 Å². The smallest absolute Gasteiger partial charge is 0.271 e. The zero-order chi connectivity index (χ0) is 25.7. The van der Waals surface area contributed by atoms with E-state index in [1.807, 2.05) is 69.3 Å². The molecule has 8 heteroatoms. The van der Waals surface area contributed by atoms with Crippen LogP contribution in [0.2, 0.25) is 0 Å². The molecule has 0 aliphatic carbocycles. The number of nitrogens with zero attached hydrogens (tertiary/aromatic N) is 2. The van der Waals surface area contributed by atoms with E-state index in [-0.39, 0.29) is 12.5 Å². The molecule has 0 spiro atoms. The van der Waals surface area contributed by atoms with Crippen molar-refractivity contribution < 1.29 is 19.1 Å². The maximum atomic E-state index is 13.6. The van der Waals surface area contributed by atoms with E-state index < -0.39 is 5.91 Å². The lowest BCUT2D eigenvalue weighted by Crippen LogP contribution is -2.28. The molecule has 1 aliphatic heterocycles. The third kappa shape index (κ3) is 5.95. The van der Waals surface area contributed by atoms with E-state index in [2.05, 4.69) is 0 Å². The molecule has 0 aromatic heterocycles. The highest BCUT2D eigenvalue weighted by atomic mass is 32.2. The number of carbonyl (C=O) groups excluding carboxylic acids is 2. The number of aryl methyl sites for hydroxylation is 2. The van der Waals surface area contributed by atoms with Gasteiger partial charge in [0.2, 0.25) is 0 Å². The summed E-state index contributed by atoms with van der Waals surface area (Å²) < 4.78 is 11.1. The Bertz CT molecular complexity index is 1330. The van der Waals surface area contributed by atoms with Crippen molar-refractivity contribution in [2.24, 2.45) is 10.7 Å². The first-order valence-electron chi connectivity index (χ1n) is 11.5. The lowest BCUT2D eigenvalue weighted by molar-refractivity contribution is -0.120. The standard InChI is InChI=1S/C28H27N3O4S/c1-4-34-24-15-20(9-14-23(24)35-17-26(29)32)16-25-27(33)31(22-12-7-19(3)8-13-22)28(36-25)30-21-10-5-18(2)6-11-21/h5-16H,4,17H2,1-3H3,(H2,29,32)/b25-16+,30-28?. The van der Waals surface area contributed by atoms with Gasteiger partial charge in [-0.2, -0.15) is 0 Å². The van der Waals surface area contributed by atoms with Crippen molar-refractivity contribution in [2.75, 3.05) is 18.1 Å². The first-order chi connectivity index (χ1) is 17.3. The molecule has 0 bridgehead atoms. The number of amidine groups is 1. The first-order valence-corrected chi connectivity index (χ1v) is 12.3. The van der Waals surface area contributed by atoms with Crippen LogP contribution < -0.4 is 20.1 Å². The Morgan fingerprint density at radius 3 is 2.28 bits per heavy atom. The summed E-state index contributed by atoms with van der Waals surface area (Å²) >= 11 is 1.31. The summed E-state index contributed by atoms with van der Waals surface area (Å²) in [6.45, 7) is 6.04. The number of ether oxygens (including phenoxy) is 2. The molecule has 3 aromatic carbocycles. The van der Waals surface area contributed by atoms with Crippen molar-refractivity contribution in [3.8, 4) is 11.5 Å². The van der Waals surface area contributed by atoms with E-state index in [0.717, 1.165) is 28.1 Å². The number of anilines is 1. The van der Waals surface area contributed by atoms with Crippen molar-refractivity contribution >= 4 is 46.2 Å². The second-order valence-corrected chi connectivity index (χ2v) is 9.22. The molecule has 2 N–H and O–H groups in total. The molecule has 0 radical (unpaired) electrons. The minimum absolute atomic E-state index is 0.165. The van der Waals surface area contributed by atoms with Gasteiger partial charge in [-0.15, -0.1) is 0 Å². The van der Waals surface area contributed by atoms with Crippen LogP contribution in [0.25, 0.3) is 6.08 Å². The van der Waals surface area contributed by atoms with E-state index in [1.165, 1.54) is 11.8 Å². The van der Waals surface area contributed by atoms with Gasteiger partial charge in [0.25, 0.3) is 11.8 Å². The van der Waals surface area contributed by atoms with Gasteiger partial charge in [0.1, 0.15) is 0 Å². The molecule has 36 heavy (non-hydrogen) atoms. The number of hydrogen-bond donors (Lipinski definition) is 1. The molecule has 7 nitrogen and oxygen atoms in total. The van der Waals surface area contributed by atoms with Crippen molar-refractivity contribution in [1.82, 2.24) is 0 Å². The number of nitrogens with two attached hydrogens (primary N) is 1. The predicted molar refractivity (Wildman–Crippen MR) is 145 cm³/mol. The van der Waals surface area contributed by atoms with Gasteiger partial charge in [-0.3, -0.25) is 14.5 Å². The quantitative estimate of drug-likeness (QED) is 0.419. The molecule has 1 fully saturated rings. The Labute approximate surface area is 214 Å². The minimum atomic E-state index is -0.576. The Morgan fingerprint density at radius 2 is 1.64 bits per heavy atom. The zero-order valence-corrected chi connectivity index (χ0v) is 21.2. The summed E-state index contributed by atoms with van der Waals surface area (Å²) in [6.07, 6.45) is 1.80. The second kappa shape index (κ2) is 11.1. The average molecular weight is 502 g/mol. The molecule has 2 amide bonds. The van der Waals surface area contributed by atoms with Crippen LogP contribution in [0.15, 0.2) is 76.6 Å². The predicted octanol–water partition coefficient (Wildman–Crippen LogP) is 5.37. The van der Waals surface area contributed by atoms with Crippen molar-refractivity contribution in [3.05, 3.63) is 88.3 Å². The highest BCUT2D eigenvalue weighted by Crippen LogP contribution is 2.38. The second-order valence-electron chi connectivity index (χ2n) is 8.21. The highest BCUT2D eigenvalue weighted by Gasteiger charge is 2.34. The number of aliphatic imine (C=N–C) groups is 1. The Morgan fingerprint density at radius 1 is 0.972 bits per heavy atom. The van der Waals surface area contributed by atoms with E-state index >= 15 is 0 Å². The summed E-state index contributed by atoms with van der Waals surface area (Å²) in [4.78, 5) is 31.6. The SMILES string of the molecule is CCOc1cc(/C=C2/SC(=Nc3ccc(C)cc3)N(c3ccc(C)cc3)C2=O)ccc1OCC(N)=O. The van der Waals surface area contributed by atoms with Crippen molar-refractivity contribution in [2.45, 2.75) is 20.8 Å². The maximum Gasteiger partial charge on any atom is 0.271 e. The van der Waals surface area contributed by atoms with Crippen molar-refractivity contribution in [3.63, 3.8) is 0 Å². The van der Waals surface area contributed by atoms with E-state index in [0.29, 0.717) is 28.2 Å². The highest BCUT2D eigenvalue weighted by molar-refractivity contribution is 8.19. The van der Waals surface area contributed by atoms with E-state index in [1.54, 1.807) is 29.2 Å². The van der Waals surface area contributed by atoms with Gasteiger partial charge >= 0.3 is 0 Å². The fourth-order valence-corrected chi connectivity index (χ4v) is 4.50. The lowest BCUT2D eigenvalue weighted by atomic mass is 10.1. The first kappa shape index (κ1) is 25.1. The molecule has 1 aliphatic rings. The molecule has 0 unspecified atom stereocenters. The molecule has 4 rings (SSSR count). The van der Waals surface area contributed by atoms with Crippen LogP contribution in [-0.4, -0.2) is 30.2 Å². The summed E-state index contributed by atoms with van der Waals surface area (Å²) in [5.74, 6) is 0.133. The zero-order valence-electron chi connectivity index (χ0n) is 20.4. The number of thioether (sulfide) groups is 1. The number of amides is 2. The molecule has 1 saturated heterocycles. The largest absolute Gasteiger partial charge is 0.490 e. The molecular formula is C28H27N3O4S. The maximum absolute atomic E-state index is 13.6. The fourth-order valence-electron chi connectivity index (χ4n) is 3.50. The van der Waals surface area contributed by atoms with Crippen LogP contribution in [0.3, 0.4) is 0 Å². The minimum Gasteiger partial charge on any atom is -0.490 e. The number of primary amides is 1. The normalized spacial score (nSPS) is 15.5. The van der Waals surface area contributed by atoms with Gasteiger partial charge in [0.15, 0.2) is 23.3 Å². The Balaban J connectivity index is 1.71. The monoisotopic (exact) mass is 501 g/mol. The van der Waals surface area contributed by atoms with Gasteiger partial charge in [0, 0.05) is 0 Å². The summed E-state index contributed by atoms with van der Waals surface area (Å²) in [5.41, 5.74) is 9.70. The molecule has 184 valence electrons. The van der Waals surface area contributed by atoms with Gasteiger partial charge in [-0.25, -0.2) is 4.99 Å². The average Bonchev–Trinajstić information content (AvgIpc) is 3.15. The van der Waals surface area contributed by atoms with Gasteiger partial charge in [-0.05, 0) is 80.6 Å². The topological polar surface area (TPSA) is 94.2 Å². The van der Waals surface area contributed by atoms with Gasteiger partial charge < -0.3 is 15.2 Å². The van der Waals surface area contributed by atoms with Crippen LogP contribution in [0, 0.1) is 13.8 Å². The van der Waals surface area contributed by atoms with Crippen LogP contribution in [0.4, 0.5) is 11.4 Å². The molecular weight excluding hydrogens is 474 g/mol. The molecule has 0 saturated carbocycles. The Hall–Kier alpha value is -4.04. The summed E-state index contributed by atoms with van der Waals surface area (Å²) in [7, 11) is 0. The van der Waals surface area contributed by atoms with Crippen LogP contribution in [-0.2, 0) is 9.59 Å². The number of carbonyl (C=O) groups is 2. The fraction of sp³-hybridized carbons (Fsp3) is 0.179. The van der Waals surface area contributed by atoms with Crippen molar-refractivity contribution in [1.29, 1.82) is 0 Å². The Kier molecular flexibility index (Phi) is 7.75. The number of hydrogen-bond acceptors (Lipinski definition) is 6. The third-order valence-corrected chi connectivity index (χ3v) is 6.26. The van der Waals surface area contributed by atoms with Crippen LogP contribution in [0.5, 0.6) is 11.5 Å². The van der Waals surface area contributed by atoms with Gasteiger partial charge in [0.05, 0.1) is 22.9 Å². The number of rotatable bonds is 8. The lowest BCUT2D eigenvalue weighted by Gasteiger charge is -2.16. The summed E-state index contributed by atoms with van der Waals surface area (Å²) in [5, 5.41) is 0.574. The third-order valence-electron chi connectivity index (χ3n) is 5.29. The molecule has 0 atom stereocenters. The number of benzene rings is 3. The molecule has 3 aromatic rings. The molecule has 1 heterocycles. The van der Waals surface area contributed by atoms with E-state index in [9.17, 15) is 9.59 Å². The van der Waals surface area contributed by atoms with E-state index in [4.69, 9.17) is 20.2 Å². The van der Waals surface area contributed by atoms with Crippen LogP contribution >= 0.6 is 11.8 Å². The summed E-state index contributed by atoms with van der Waals surface area (Å²) in [6, 6.07) is 20.9.